The van der Waals surface area contributed by atoms with Crippen LogP contribution < -0.4 is 5.73 Å². The number of nitrogens with zero attached hydrogens (tertiary/aromatic N) is 2. The Hall–Kier alpha value is -1.11. The predicted octanol–water partition coefficient (Wildman–Crippen LogP) is 1.54. The van der Waals surface area contributed by atoms with Gasteiger partial charge in [0.15, 0.2) is 0 Å². The minimum atomic E-state index is -3.43. The summed E-state index contributed by atoms with van der Waals surface area (Å²) >= 11 is 0. The Bertz CT molecular complexity index is 593. The van der Waals surface area contributed by atoms with Gasteiger partial charge in [0.2, 0.25) is 10.0 Å². The van der Waals surface area contributed by atoms with Gasteiger partial charge in [-0.15, -0.1) is 0 Å². The third-order valence-corrected chi connectivity index (χ3v) is 6.12. The van der Waals surface area contributed by atoms with Crippen LogP contribution in [0.4, 0.5) is 5.69 Å². The summed E-state index contributed by atoms with van der Waals surface area (Å²) in [4.78, 5) is 2.61. The second-order valence-corrected chi connectivity index (χ2v) is 8.10. The van der Waals surface area contributed by atoms with E-state index in [1.807, 2.05) is 6.92 Å². The molecule has 2 rings (SSSR count). The van der Waals surface area contributed by atoms with Crippen LogP contribution in [0.5, 0.6) is 0 Å². The predicted molar refractivity (Wildman–Crippen MR) is 85.6 cm³/mol. The minimum Gasteiger partial charge on any atom is -0.399 e. The summed E-state index contributed by atoms with van der Waals surface area (Å²) < 4.78 is 26.7. The van der Waals surface area contributed by atoms with E-state index >= 15 is 0 Å². The van der Waals surface area contributed by atoms with Crippen LogP contribution in [0.3, 0.4) is 0 Å². The van der Waals surface area contributed by atoms with E-state index in [0.29, 0.717) is 23.0 Å². The second kappa shape index (κ2) is 6.34. The zero-order valence-corrected chi connectivity index (χ0v) is 13.9. The van der Waals surface area contributed by atoms with Crippen molar-refractivity contribution < 1.29 is 8.42 Å². The molecule has 0 aromatic heterocycles. The average Bonchev–Trinajstić information content (AvgIpc) is 2.44. The van der Waals surface area contributed by atoms with Crippen molar-refractivity contribution in [1.29, 1.82) is 0 Å². The largest absolute Gasteiger partial charge is 0.399 e. The zero-order chi connectivity index (χ0) is 15.6. The van der Waals surface area contributed by atoms with Gasteiger partial charge in [0.05, 0.1) is 4.90 Å². The molecule has 1 aromatic carbocycles. The number of hydrogen-bond donors (Lipinski definition) is 1. The molecule has 0 saturated carbocycles. The van der Waals surface area contributed by atoms with Gasteiger partial charge in [-0.05, 0) is 69.6 Å². The molecule has 1 aromatic rings. The van der Waals surface area contributed by atoms with Crippen molar-refractivity contribution in [2.45, 2.75) is 24.7 Å². The van der Waals surface area contributed by atoms with Gasteiger partial charge in [-0.1, -0.05) is 0 Å². The topological polar surface area (TPSA) is 66.6 Å². The molecule has 1 fully saturated rings. The van der Waals surface area contributed by atoms with Gasteiger partial charge >= 0.3 is 0 Å². The van der Waals surface area contributed by atoms with Crippen LogP contribution in [0.15, 0.2) is 23.1 Å². The molecular weight excluding hydrogens is 286 g/mol. The molecule has 1 aliphatic rings. The van der Waals surface area contributed by atoms with E-state index in [1.54, 1.807) is 25.2 Å². The fraction of sp³-hybridized carbons (Fsp3) is 0.600. The summed E-state index contributed by atoms with van der Waals surface area (Å²) in [6, 6.07) is 4.89. The summed E-state index contributed by atoms with van der Waals surface area (Å²) in [5.74, 6) is 0.441. The van der Waals surface area contributed by atoms with Gasteiger partial charge in [-0.2, -0.15) is 0 Å². The van der Waals surface area contributed by atoms with E-state index in [1.165, 1.54) is 4.31 Å². The Balaban J connectivity index is 2.09. The molecule has 0 bridgehead atoms. The monoisotopic (exact) mass is 311 g/mol. The van der Waals surface area contributed by atoms with Crippen molar-refractivity contribution >= 4 is 15.7 Å². The molecule has 118 valence electrons. The number of hydrogen-bond acceptors (Lipinski definition) is 4. The van der Waals surface area contributed by atoms with E-state index in [4.69, 9.17) is 5.73 Å². The smallest absolute Gasteiger partial charge is 0.242 e. The Kier molecular flexibility index (Phi) is 4.91. The molecule has 0 unspecified atom stereocenters. The lowest BCUT2D eigenvalue weighted by molar-refractivity contribution is 0.202. The number of sulfonamides is 1. The Labute approximate surface area is 127 Å². The minimum absolute atomic E-state index is 0.324. The third kappa shape index (κ3) is 3.75. The van der Waals surface area contributed by atoms with Gasteiger partial charge < -0.3 is 10.6 Å². The first-order valence-electron chi connectivity index (χ1n) is 7.31. The highest BCUT2D eigenvalue weighted by Crippen LogP contribution is 2.23. The Morgan fingerprint density at radius 3 is 2.52 bits per heavy atom. The maximum Gasteiger partial charge on any atom is 0.242 e. The highest BCUT2D eigenvalue weighted by molar-refractivity contribution is 7.89. The van der Waals surface area contributed by atoms with Crippen LogP contribution in [0, 0.1) is 12.8 Å². The number of nitrogen functional groups attached to an aromatic ring is 1. The normalized spacial score (nSPS) is 18.3. The Morgan fingerprint density at radius 1 is 1.33 bits per heavy atom. The molecule has 0 radical (unpaired) electrons. The lowest BCUT2D eigenvalue weighted by Crippen LogP contribution is -2.37. The molecule has 0 aliphatic carbocycles. The standard InChI is InChI=1S/C15H25N3O2S/c1-12-10-14(4-5-15(12)16)21(19,20)18(3)11-13-6-8-17(2)9-7-13/h4-5,10,13H,6-9,11,16H2,1-3H3. The van der Waals surface area contributed by atoms with E-state index in [9.17, 15) is 8.42 Å². The number of aryl methyl sites for hydroxylation is 1. The first-order valence-corrected chi connectivity index (χ1v) is 8.75. The molecule has 5 nitrogen and oxygen atoms in total. The number of likely N-dealkylation sites (tertiary alicyclic amines) is 1. The molecular formula is C15H25N3O2S. The van der Waals surface area contributed by atoms with Gasteiger partial charge in [0.25, 0.3) is 0 Å². The van der Waals surface area contributed by atoms with Crippen LogP contribution in [0.2, 0.25) is 0 Å². The summed E-state index contributed by atoms with van der Waals surface area (Å²) in [5.41, 5.74) is 7.17. The second-order valence-electron chi connectivity index (χ2n) is 6.05. The maximum absolute atomic E-state index is 12.6. The summed E-state index contributed by atoms with van der Waals surface area (Å²) in [7, 11) is 0.344. The van der Waals surface area contributed by atoms with Crippen molar-refractivity contribution in [2.75, 3.05) is 39.5 Å². The summed E-state index contributed by atoms with van der Waals surface area (Å²) in [6.07, 6.45) is 2.11. The Morgan fingerprint density at radius 2 is 1.95 bits per heavy atom. The fourth-order valence-corrected chi connectivity index (χ4v) is 4.03. The average molecular weight is 311 g/mol. The van der Waals surface area contributed by atoms with Crippen molar-refractivity contribution in [3.05, 3.63) is 23.8 Å². The number of nitrogens with two attached hydrogens (primary N) is 1. The first kappa shape index (κ1) is 16.3. The van der Waals surface area contributed by atoms with Crippen molar-refractivity contribution in [2.24, 2.45) is 5.92 Å². The molecule has 6 heteroatoms. The SMILES string of the molecule is Cc1cc(S(=O)(=O)N(C)CC2CCN(C)CC2)ccc1N. The van der Waals surface area contributed by atoms with Gasteiger partial charge in [-0.3, -0.25) is 0 Å². The van der Waals surface area contributed by atoms with Crippen LogP contribution in [0.25, 0.3) is 0 Å². The number of rotatable bonds is 4. The molecule has 0 atom stereocenters. The van der Waals surface area contributed by atoms with Crippen molar-refractivity contribution in [3.8, 4) is 0 Å². The highest BCUT2D eigenvalue weighted by atomic mass is 32.2. The molecule has 21 heavy (non-hydrogen) atoms. The van der Waals surface area contributed by atoms with E-state index in [2.05, 4.69) is 11.9 Å². The van der Waals surface area contributed by atoms with Gasteiger partial charge in [0, 0.05) is 19.3 Å². The molecule has 1 aliphatic heterocycles. The number of benzene rings is 1. The molecule has 1 heterocycles. The van der Waals surface area contributed by atoms with Crippen molar-refractivity contribution in [3.63, 3.8) is 0 Å². The first-order chi connectivity index (χ1) is 9.80. The van der Waals surface area contributed by atoms with Crippen LogP contribution in [-0.2, 0) is 10.0 Å². The molecule has 1 saturated heterocycles. The van der Waals surface area contributed by atoms with E-state index < -0.39 is 10.0 Å². The summed E-state index contributed by atoms with van der Waals surface area (Å²) in [6.45, 7) is 4.49. The van der Waals surface area contributed by atoms with Crippen LogP contribution in [0.1, 0.15) is 18.4 Å². The van der Waals surface area contributed by atoms with Gasteiger partial charge in [-0.25, -0.2) is 12.7 Å². The lowest BCUT2D eigenvalue weighted by atomic mass is 9.97. The fourth-order valence-electron chi connectivity index (χ4n) is 2.69. The lowest BCUT2D eigenvalue weighted by Gasteiger charge is -2.31. The number of piperidine rings is 1. The van der Waals surface area contributed by atoms with E-state index in [0.717, 1.165) is 31.5 Å². The van der Waals surface area contributed by atoms with Crippen LogP contribution >= 0.6 is 0 Å². The molecule has 0 spiro atoms. The maximum atomic E-state index is 12.6. The van der Waals surface area contributed by atoms with E-state index in [-0.39, 0.29) is 0 Å². The highest BCUT2D eigenvalue weighted by Gasteiger charge is 2.25. The summed E-state index contributed by atoms with van der Waals surface area (Å²) in [5, 5.41) is 0. The molecule has 0 amide bonds. The zero-order valence-electron chi connectivity index (χ0n) is 13.0. The van der Waals surface area contributed by atoms with Crippen LogP contribution in [-0.4, -0.2) is 51.4 Å². The quantitative estimate of drug-likeness (QED) is 0.857. The van der Waals surface area contributed by atoms with Gasteiger partial charge in [0.1, 0.15) is 0 Å². The number of anilines is 1. The molecule has 2 N–H and O–H groups in total. The third-order valence-electron chi connectivity index (χ3n) is 4.30. The van der Waals surface area contributed by atoms with Crippen molar-refractivity contribution in [1.82, 2.24) is 9.21 Å².